The fraction of sp³-hybridized carbons (Fsp3) is 0.294. The number of alkyl halides is 1. The molecule has 8 heteroatoms. The Kier molecular flexibility index (Phi) is 3.67. The van der Waals surface area contributed by atoms with Crippen LogP contribution >= 0.6 is 0 Å². The lowest BCUT2D eigenvalue weighted by Crippen LogP contribution is -2.28. The summed E-state index contributed by atoms with van der Waals surface area (Å²) in [7, 11) is 0. The van der Waals surface area contributed by atoms with Gasteiger partial charge in [0, 0.05) is 18.5 Å². The molecule has 0 N–H and O–H groups in total. The van der Waals surface area contributed by atoms with Crippen molar-refractivity contribution in [3.05, 3.63) is 54.1 Å². The van der Waals surface area contributed by atoms with Crippen LogP contribution < -0.4 is 4.90 Å². The van der Waals surface area contributed by atoms with Crippen molar-refractivity contribution in [1.82, 2.24) is 20.1 Å². The molecule has 3 heterocycles. The number of aryl methyl sites for hydroxylation is 1. The van der Waals surface area contributed by atoms with Crippen LogP contribution in [-0.2, 0) is 5.67 Å². The highest BCUT2D eigenvalue weighted by molar-refractivity contribution is 5.53. The maximum absolute atomic E-state index is 15.3. The average molecular weight is 343 g/mol. The fourth-order valence-corrected chi connectivity index (χ4v) is 2.90. The van der Waals surface area contributed by atoms with Crippen LogP contribution in [0.4, 0.5) is 14.6 Å². The Morgan fingerprint density at radius 2 is 2.00 bits per heavy atom. The van der Waals surface area contributed by atoms with Crippen LogP contribution in [0.3, 0.4) is 0 Å². The fourth-order valence-electron chi connectivity index (χ4n) is 2.90. The molecule has 1 aliphatic rings. The van der Waals surface area contributed by atoms with Crippen molar-refractivity contribution >= 4 is 5.82 Å². The van der Waals surface area contributed by atoms with Gasteiger partial charge in [-0.25, -0.2) is 18.7 Å². The molecule has 1 fully saturated rings. The molecule has 128 valence electrons. The van der Waals surface area contributed by atoms with Gasteiger partial charge in [-0.1, -0.05) is 35.5 Å². The lowest BCUT2D eigenvalue weighted by molar-refractivity contribution is 0.136. The third kappa shape index (κ3) is 2.73. The van der Waals surface area contributed by atoms with Gasteiger partial charge in [0.25, 0.3) is 5.89 Å². The first kappa shape index (κ1) is 15.6. The predicted octanol–water partition coefficient (Wildman–Crippen LogP) is 3.05. The summed E-state index contributed by atoms with van der Waals surface area (Å²) >= 11 is 0. The number of hydrogen-bond acceptors (Lipinski definition) is 6. The van der Waals surface area contributed by atoms with Gasteiger partial charge >= 0.3 is 0 Å². The summed E-state index contributed by atoms with van der Waals surface area (Å²) in [5.41, 5.74) is -0.871. The van der Waals surface area contributed by atoms with E-state index in [1.807, 2.05) is 30.3 Å². The molecule has 0 spiro atoms. The van der Waals surface area contributed by atoms with Crippen molar-refractivity contribution in [2.45, 2.75) is 19.0 Å². The first-order valence-corrected chi connectivity index (χ1v) is 7.87. The van der Waals surface area contributed by atoms with Gasteiger partial charge in [-0.15, -0.1) is 0 Å². The molecule has 6 nitrogen and oxygen atoms in total. The lowest BCUT2D eigenvalue weighted by Gasteiger charge is -2.19. The summed E-state index contributed by atoms with van der Waals surface area (Å²) in [4.78, 5) is 13.5. The number of halogens is 2. The summed E-state index contributed by atoms with van der Waals surface area (Å²) in [5, 5.41) is 3.86. The van der Waals surface area contributed by atoms with Gasteiger partial charge in [0.2, 0.25) is 11.5 Å². The number of benzene rings is 1. The Morgan fingerprint density at radius 1 is 1.20 bits per heavy atom. The molecular weight excluding hydrogens is 328 g/mol. The largest absolute Gasteiger partial charge is 0.350 e. The Balaban J connectivity index is 1.60. The topological polar surface area (TPSA) is 67.9 Å². The zero-order chi connectivity index (χ0) is 17.4. The zero-order valence-electron chi connectivity index (χ0n) is 13.5. The van der Waals surface area contributed by atoms with Crippen LogP contribution in [0.2, 0.25) is 0 Å². The van der Waals surface area contributed by atoms with Crippen LogP contribution in [0, 0.1) is 12.7 Å². The Labute approximate surface area is 142 Å². The highest BCUT2D eigenvalue weighted by Gasteiger charge is 2.46. The second-order valence-corrected chi connectivity index (χ2v) is 6.02. The van der Waals surface area contributed by atoms with Gasteiger partial charge < -0.3 is 9.42 Å². The normalized spacial score (nSPS) is 20.2. The van der Waals surface area contributed by atoms with E-state index in [4.69, 9.17) is 4.52 Å². The van der Waals surface area contributed by atoms with Crippen molar-refractivity contribution in [2.75, 3.05) is 18.0 Å². The average Bonchev–Trinajstić information content (AvgIpc) is 3.26. The molecule has 3 aromatic rings. The molecule has 0 bridgehead atoms. The van der Waals surface area contributed by atoms with Crippen molar-refractivity contribution in [1.29, 1.82) is 0 Å². The summed E-state index contributed by atoms with van der Waals surface area (Å²) in [6.45, 7) is 1.74. The van der Waals surface area contributed by atoms with E-state index < -0.39 is 11.5 Å². The molecule has 1 atom stereocenters. The number of hydrogen-bond donors (Lipinski definition) is 0. The molecule has 0 amide bonds. The quantitative estimate of drug-likeness (QED) is 0.728. The molecule has 2 aromatic heterocycles. The van der Waals surface area contributed by atoms with Crippen molar-refractivity contribution in [3.8, 4) is 11.4 Å². The van der Waals surface area contributed by atoms with Crippen LogP contribution in [0.25, 0.3) is 11.4 Å². The highest BCUT2D eigenvalue weighted by Crippen LogP contribution is 2.38. The summed E-state index contributed by atoms with van der Waals surface area (Å²) < 4.78 is 34.7. The first-order valence-electron chi connectivity index (χ1n) is 7.87. The molecule has 25 heavy (non-hydrogen) atoms. The molecule has 0 saturated carbocycles. The Hall–Kier alpha value is -2.90. The molecule has 4 rings (SSSR count). The van der Waals surface area contributed by atoms with Crippen LogP contribution in [-0.4, -0.2) is 33.2 Å². The molecular formula is C17H15F2N5O. The number of rotatable bonds is 3. The number of anilines is 1. The van der Waals surface area contributed by atoms with Gasteiger partial charge in [0.1, 0.15) is 6.33 Å². The maximum Gasteiger partial charge on any atom is 0.266 e. The number of nitrogens with zero attached hydrogens (tertiary/aromatic N) is 5. The molecule has 1 saturated heterocycles. The molecule has 0 radical (unpaired) electrons. The summed E-state index contributed by atoms with van der Waals surface area (Å²) in [5.74, 6) is -0.216. The lowest BCUT2D eigenvalue weighted by atomic mass is 10.1. The van der Waals surface area contributed by atoms with E-state index in [1.165, 1.54) is 11.2 Å². The van der Waals surface area contributed by atoms with E-state index in [0.717, 1.165) is 5.56 Å². The molecule has 0 aliphatic carbocycles. The smallest absolute Gasteiger partial charge is 0.266 e. The predicted molar refractivity (Wildman–Crippen MR) is 86.1 cm³/mol. The van der Waals surface area contributed by atoms with Crippen LogP contribution in [0.5, 0.6) is 0 Å². The third-order valence-corrected chi connectivity index (χ3v) is 4.31. The summed E-state index contributed by atoms with van der Waals surface area (Å²) in [6.07, 6.45) is 1.39. The van der Waals surface area contributed by atoms with E-state index in [2.05, 4.69) is 20.1 Å². The van der Waals surface area contributed by atoms with Gasteiger partial charge in [-0.2, -0.15) is 4.98 Å². The SMILES string of the molecule is Cc1ncnc(N2CCC(F)(c3nc(-c4ccccc4)no3)C2)c1F. The second-order valence-electron chi connectivity index (χ2n) is 6.02. The van der Waals surface area contributed by atoms with Crippen molar-refractivity contribution in [3.63, 3.8) is 0 Å². The van der Waals surface area contributed by atoms with E-state index in [1.54, 1.807) is 6.92 Å². The molecule has 1 aromatic carbocycles. The monoisotopic (exact) mass is 343 g/mol. The van der Waals surface area contributed by atoms with Crippen LogP contribution in [0.1, 0.15) is 18.0 Å². The van der Waals surface area contributed by atoms with E-state index in [9.17, 15) is 4.39 Å². The maximum atomic E-state index is 15.3. The Bertz CT molecular complexity index is 901. The molecule has 1 aliphatic heterocycles. The number of aromatic nitrogens is 4. The van der Waals surface area contributed by atoms with Gasteiger partial charge in [-0.05, 0) is 6.92 Å². The van der Waals surface area contributed by atoms with Gasteiger partial charge in [-0.3, -0.25) is 0 Å². The second kappa shape index (κ2) is 5.87. The van der Waals surface area contributed by atoms with Crippen molar-refractivity contribution in [2.24, 2.45) is 0 Å². The minimum absolute atomic E-state index is 0.0924. The van der Waals surface area contributed by atoms with Gasteiger partial charge in [0.05, 0.1) is 12.2 Å². The van der Waals surface area contributed by atoms with Crippen molar-refractivity contribution < 1.29 is 13.3 Å². The van der Waals surface area contributed by atoms with E-state index in [-0.39, 0.29) is 30.4 Å². The Morgan fingerprint density at radius 3 is 2.80 bits per heavy atom. The zero-order valence-corrected chi connectivity index (χ0v) is 13.5. The standard InChI is InChI=1S/C17H15F2N5O/c1-11-13(18)15(21-10-20-11)24-8-7-17(19,9-24)16-22-14(23-25-16)12-5-3-2-4-6-12/h2-6,10H,7-9H2,1H3. The minimum Gasteiger partial charge on any atom is -0.350 e. The van der Waals surface area contributed by atoms with Gasteiger partial charge in [0.15, 0.2) is 11.6 Å². The minimum atomic E-state index is -1.84. The first-order chi connectivity index (χ1) is 12.1. The van der Waals surface area contributed by atoms with Crippen LogP contribution in [0.15, 0.2) is 41.2 Å². The van der Waals surface area contributed by atoms with E-state index in [0.29, 0.717) is 12.4 Å². The van der Waals surface area contributed by atoms with E-state index >= 15 is 4.39 Å². The molecule has 1 unspecified atom stereocenters. The third-order valence-electron chi connectivity index (χ3n) is 4.31. The summed E-state index contributed by atoms with van der Waals surface area (Å²) in [6, 6.07) is 9.19. The highest BCUT2D eigenvalue weighted by atomic mass is 19.1.